The molecule has 2 aromatic rings. The van der Waals surface area contributed by atoms with E-state index in [0.29, 0.717) is 34.3 Å². The fraction of sp³-hybridized carbons (Fsp3) is 0.628. The molecule has 12 N–H and O–H groups in total. The van der Waals surface area contributed by atoms with Gasteiger partial charge in [0.05, 0.1) is 30.3 Å². The molecule has 23 nitrogen and oxygen atoms in total. The third kappa shape index (κ3) is 12.7. The lowest BCUT2D eigenvalue weighted by molar-refractivity contribution is -0.149. The van der Waals surface area contributed by atoms with Gasteiger partial charge in [0.15, 0.2) is 0 Å². The molecule has 368 valence electrons. The molecule has 2 fully saturated rings. The lowest BCUT2D eigenvalue weighted by Gasteiger charge is -2.32. The number of aliphatic hydroxyl groups is 3. The average Bonchev–Trinajstić information content (AvgIpc) is 4.06. The number of carbonyl (C=O) groups is 8. The van der Waals surface area contributed by atoms with Crippen LogP contribution in [0.5, 0.6) is 0 Å². The molecule has 0 unspecified atom stereocenters. The van der Waals surface area contributed by atoms with Gasteiger partial charge in [-0.3, -0.25) is 33.6 Å². The number of nitrogens with zero attached hydrogens (tertiary/aromatic N) is 3. The van der Waals surface area contributed by atoms with Gasteiger partial charge in [-0.25, -0.2) is 4.79 Å². The number of amides is 7. The van der Waals surface area contributed by atoms with Crippen LogP contribution in [0.2, 0.25) is 0 Å². The number of carboxylic acid groups (broad SMARTS) is 1. The van der Waals surface area contributed by atoms with Gasteiger partial charge in [-0.1, -0.05) is 50.6 Å². The SMILES string of the molecule is CC[C@H](C)[C@@H]1NC(=O)[C@H]2CCCN2C(=O)[C@@H](NC(=O)[C@@H](N)[C@@H](C)C(CO)CO)Cc2c([nH]c3ccccc23)SC[C@@H](C(=O)N[C@@H](CCN=O)C(=O)N2C[C@H](O)C[C@H]2C(=O)O)NC(=O)CNC1=O. The Morgan fingerprint density at radius 2 is 1.76 bits per heavy atom. The number of benzene rings is 1. The summed E-state index contributed by atoms with van der Waals surface area (Å²) in [5.74, 6) is -9.01. The van der Waals surface area contributed by atoms with Crippen molar-refractivity contribution >= 4 is 70.0 Å². The van der Waals surface area contributed by atoms with Crippen molar-refractivity contribution in [3.05, 3.63) is 34.7 Å². The molecule has 4 heterocycles. The largest absolute Gasteiger partial charge is 0.480 e. The van der Waals surface area contributed by atoms with Crippen LogP contribution >= 0.6 is 11.8 Å². The predicted molar refractivity (Wildman–Crippen MR) is 241 cm³/mol. The summed E-state index contributed by atoms with van der Waals surface area (Å²) in [6.07, 6.45) is -0.876. The number of aliphatic carboxylic acids is 1. The topological polar surface area (TPSA) is 355 Å². The van der Waals surface area contributed by atoms with Crippen LogP contribution in [0.15, 0.2) is 34.5 Å². The lowest BCUT2D eigenvalue weighted by atomic mass is 9.88. The molecule has 0 saturated carbocycles. The molecule has 67 heavy (non-hydrogen) atoms. The number of para-hydroxylation sites is 1. The Kier molecular flexibility index (Phi) is 18.6. The fourth-order valence-electron chi connectivity index (χ4n) is 8.63. The van der Waals surface area contributed by atoms with Gasteiger partial charge < -0.3 is 67.5 Å². The number of carboxylic acids is 1. The maximum atomic E-state index is 14.8. The normalized spacial score (nSPS) is 25.1. The maximum absolute atomic E-state index is 14.8. The van der Waals surface area contributed by atoms with E-state index in [1.807, 2.05) is 0 Å². The zero-order valence-corrected chi connectivity index (χ0v) is 38.5. The Morgan fingerprint density at radius 3 is 2.43 bits per heavy atom. The van der Waals surface area contributed by atoms with Crippen LogP contribution in [0.3, 0.4) is 0 Å². The molecule has 1 aromatic heterocycles. The number of nitrogens with two attached hydrogens (primary N) is 1. The van der Waals surface area contributed by atoms with Crippen molar-refractivity contribution in [3.8, 4) is 0 Å². The van der Waals surface area contributed by atoms with Crippen LogP contribution in [0.25, 0.3) is 10.9 Å². The summed E-state index contributed by atoms with van der Waals surface area (Å²) in [7, 11) is 0. The average molecular weight is 959 g/mol. The summed E-state index contributed by atoms with van der Waals surface area (Å²) in [4.78, 5) is 127. The number of nitrogens with one attached hydrogen (secondary N) is 6. The van der Waals surface area contributed by atoms with Gasteiger partial charge >= 0.3 is 5.97 Å². The molecule has 3 aliphatic heterocycles. The first-order chi connectivity index (χ1) is 31.9. The minimum Gasteiger partial charge on any atom is -0.480 e. The van der Waals surface area contributed by atoms with E-state index in [-0.39, 0.29) is 44.5 Å². The second-order valence-corrected chi connectivity index (χ2v) is 18.4. The quantitative estimate of drug-likeness (QED) is 0.0835. The number of fused-ring (bicyclic) bond motifs is 4. The van der Waals surface area contributed by atoms with Gasteiger partial charge in [-0.05, 0) is 42.7 Å². The van der Waals surface area contributed by atoms with E-state index in [9.17, 15) is 63.7 Å². The Bertz CT molecular complexity index is 2160. The Hall–Kier alpha value is -5.69. The number of thioether (sulfide) groups is 1. The Balaban J connectivity index is 1.56. The lowest BCUT2D eigenvalue weighted by Crippen LogP contribution is -2.60. The van der Waals surface area contributed by atoms with E-state index in [0.717, 1.165) is 16.7 Å². The number of carbonyl (C=O) groups excluding carboxylic acids is 7. The maximum Gasteiger partial charge on any atom is 0.326 e. The van der Waals surface area contributed by atoms with Crippen molar-refractivity contribution in [2.24, 2.45) is 28.7 Å². The molecule has 0 aliphatic carbocycles. The number of aromatic amines is 1. The third-order valence-corrected chi connectivity index (χ3v) is 14.1. The van der Waals surface area contributed by atoms with Crippen molar-refractivity contribution in [2.75, 3.05) is 45.1 Å². The van der Waals surface area contributed by atoms with Gasteiger partial charge in [-0.15, -0.1) is 11.8 Å². The first-order valence-electron chi connectivity index (χ1n) is 22.4. The van der Waals surface area contributed by atoms with Crippen LogP contribution < -0.4 is 32.3 Å². The second-order valence-electron chi connectivity index (χ2n) is 17.4. The van der Waals surface area contributed by atoms with E-state index >= 15 is 0 Å². The molecule has 3 aliphatic rings. The number of β-amino-alcohol motifs (C(OH)–C–C–N with tert-alkyl or cyclic N) is 1. The van der Waals surface area contributed by atoms with Crippen molar-refractivity contribution < 1.29 is 58.8 Å². The fourth-order valence-corrected chi connectivity index (χ4v) is 9.74. The molecule has 10 atom stereocenters. The molecule has 0 bridgehead atoms. The summed E-state index contributed by atoms with van der Waals surface area (Å²) in [6.45, 7) is 2.85. The highest BCUT2D eigenvalue weighted by molar-refractivity contribution is 7.99. The highest BCUT2D eigenvalue weighted by Crippen LogP contribution is 2.33. The summed E-state index contributed by atoms with van der Waals surface area (Å²) in [5, 5.41) is 56.7. The molecule has 24 heteroatoms. The highest BCUT2D eigenvalue weighted by Gasteiger charge is 2.43. The molecule has 2 saturated heterocycles. The number of likely N-dealkylation sites (tertiary alicyclic amines) is 1. The summed E-state index contributed by atoms with van der Waals surface area (Å²) in [6, 6.07) is -2.22. The standard InChI is InChI=1S/C43H62N10O13S/c1-4-21(2)35-39(61)45-16-33(57)47-30(36(58)48-28(11-12-46-66)41(62)53-17-24(56)14-32(53)43(64)65)20-67-40-26(25-8-5-6-9-27(25)50-40)15-29(42(63)52-13-7-10-31(52)37(59)51-35)49-38(60)34(44)22(3)23(18-54)19-55/h5-6,8-9,21-24,28-32,34-35,50,54-56H,4,7,10-20,44H2,1-3H3,(H,45,61)(H,47,57)(H,48,58)(H,49,60)(H,51,59)(H,64,65)/t21-,22-,24+,28-,29-,30-,31+,32-,34-,35-/m0/s1. The number of hydrogen-bond acceptors (Lipinski definition) is 15. The van der Waals surface area contributed by atoms with Gasteiger partial charge in [0.1, 0.15) is 36.3 Å². The van der Waals surface area contributed by atoms with Crippen molar-refractivity contribution in [1.82, 2.24) is 41.4 Å². The number of H-pyrrole nitrogens is 1. The molecule has 1 aromatic carbocycles. The first-order valence-corrected chi connectivity index (χ1v) is 23.4. The number of hydrogen-bond donors (Lipinski definition) is 11. The van der Waals surface area contributed by atoms with Crippen molar-refractivity contribution in [2.45, 2.75) is 113 Å². The van der Waals surface area contributed by atoms with Crippen LogP contribution in [0.4, 0.5) is 0 Å². The van der Waals surface area contributed by atoms with E-state index in [2.05, 4.69) is 36.7 Å². The Morgan fingerprint density at radius 1 is 1.04 bits per heavy atom. The Labute approximate surface area is 390 Å². The number of rotatable bonds is 15. The summed E-state index contributed by atoms with van der Waals surface area (Å²) in [5.41, 5.74) is 7.47. The molecular weight excluding hydrogens is 897 g/mol. The second kappa shape index (κ2) is 23.9. The van der Waals surface area contributed by atoms with E-state index < -0.39 is 140 Å². The molecular formula is C43H62N10O13S. The van der Waals surface area contributed by atoms with E-state index in [1.165, 1.54) is 4.90 Å². The van der Waals surface area contributed by atoms with Crippen LogP contribution in [0, 0.1) is 22.7 Å². The highest BCUT2D eigenvalue weighted by atomic mass is 32.2. The third-order valence-electron chi connectivity index (χ3n) is 13.0. The summed E-state index contributed by atoms with van der Waals surface area (Å²) < 4.78 is 0. The number of aromatic nitrogens is 1. The molecule has 5 rings (SSSR count). The van der Waals surface area contributed by atoms with Crippen LogP contribution in [0.1, 0.15) is 58.4 Å². The van der Waals surface area contributed by atoms with Gasteiger partial charge in [-0.2, -0.15) is 4.91 Å². The number of nitroso groups, excluding NO2 is 1. The number of aliphatic hydroxyl groups excluding tert-OH is 3. The first kappa shape index (κ1) is 52.3. The predicted octanol–water partition coefficient (Wildman–Crippen LogP) is -2.32. The molecule has 0 radical (unpaired) electrons. The zero-order valence-electron chi connectivity index (χ0n) is 37.6. The molecule has 0 spiro atoms. The zero-order chi connectivity index (χ0) is 49.1. The minimum atomic E-state index is -1.51. The van der Waals surface area contributed by atoms with Crippen LogP contribution in [-0.2, 0) is 44.8 Å². The van der Waals surface area contributed by atoms with Crippen molar-refractivity contribution in [1.29, 1.82) is 0 Å². The van der Waals surface area contributed by atoms with E-state index in [4.69, 9.17) is 5.73 Å². The minimum absolute atomic E-state index is 0.136. The van der Waals surface area contributed by atoms with Gasteiger partial charge in [0.2, 0.25) is 41.4 Å². The van der Waals surface area contributed by atoms with Gasteiger partial charge in [0.25, 0.3) is 0 Å². The van der Waals surface area contributed by atoms with Gasteiger partial charge in [0, 0.05) is 61.7 Å². The monoisotopic (exact) mass is 958 g/mol. The smallest absolute Gasteiger partial charge is 0.326 e. The molecule has 7 amide bonds. The van der Waals surface area contributed by atoms with Crippen molar-refractivity contribution in [3.63, 3.8) is 0 Å². The van der Waals surface area contributed by atoms with E-state index in [1.54, 1.807) is 45.0 Å². The van der Waals surface area contributed by atoms with Crippen LogP contribution in [-0.4, -0.2) is 176 Å². The summed E-state index contributed by atoms with van der Waals surface area (Å²) >= 11 is 1.03.